The summed E-state index contributed by atoms with van der Waals surface area (Å²) < 4.78 is 5.77. The van der Waals surface area contributed by atoms with Crippen molar-refractivity contribution >= 4 is 17.7 Å². The zero-order valence-electron chi connectivity index (χ0n) is 10.2. The van der Waals surface area contributed by atoms with Crippen molar-refractivity contribution in [3.63, 3.8) is 0 Å². The zero-order chi connectivity index (χ0) is 11.6. The van der Waals surface area contributed by atoms with Gasteiger partial charge < -0.3 is 10.1 Å². The Balaban J connectivity index is 1.89. The molecule has 1 N–H and O–H groups in total. The number of rotatable bonds is 7. The van der Waals surface area contributed by atoms with Gasteiger partial charge in [0, 0.05) is 13.2 Å². The van der Waals surface area contributed by atoms with Crippen LogP contribution in [0.4, 0.5) is 0 Å². The van der Waals surface area contributed by atoms with Gasteiger partial charge in [0.1, 0.15) is 0 Å². The van der Waals surface area contributed by atoms with E-state index in [1.807, 2.05) is 6.26 Å². The lowest BCUT2D eigenvalue weighted by atomic mass is 9.98. The monoisotopic (exact) mass is 245 g/mol. The van der Waals surface area contributed by atoms with Gasteiger partial charge in [0.2, 0.25) is 5.91 Å². The van der Waals surface area contributed by atoms with Crippen molar-refractivity contribution in [1.29, 1.82) is 0 Å². The van der Waals surface area contributed by atoms with Crippen molar-refractivity contribution in [2.75, 3.05) is 25.2 Å². The van der Waals surface area contributed by atoms with E-state index in [1.54, 1.807) is 11.8 Å². The molecule has 0 unspecified atom stereocenters. The number of hydrogen-bond donors (Lipinski definition) is 1. The second-order valence-corrected chi connectivity index (χ2v) is 5.13. The molecule has 0 atom stereocenters. The highest BCUT2D eigenvalue weighted by atomic mass is 32.2. The fourth-order valence-corrected chi connectivity index (χ4v) is 2.33. The van der Waals surface area contributed by atoms with Crippen LogP contribution in [0, 0.1) is 0 Å². The number of hydrogen-bond acceptors (Lipinski definition) is 3. The summed E-state index contributed by atoms with van der Waals surface area (Å²) in [6, 6.07) is 0. The molecule has 0 bridgehead atoms. The third kappa shape index (κ3) is 6.38. The highest BCUT2D eigenvalue weighted by Crippen LogP contribution is 2.20. The van der Waals surface area contributed by atoms with Crippen molar-refractivity contribution in [2.45, 2.75) is 44.6 Å². The molecule has 1 amide bonds. The van der Waals surface area contributed by atoms with E-state index in [2.05, 4.69) is 5.32 Å². The van der Waals surface area contributed by atoms with E-state index < -0.39 is 0 Å². The van der Waals surface area contributed by atoms with Gasteiger partial charge in [-0.25, -0.2) is 0 Å². The predicted octanol–water partition coefficient (Wildman–Crippen LogP) is 2.21. The van der Waals surface area contributed by atoms with E-state index in [1.165, 1.54) is 32.1 Å². The van der Waals surface area contributed by atoms with Crippen molar-refractivity contribution in [2.24, 2.45) is 0 Å². The lowest BCUT2D eigenvalue weighted by Crippen LogP contribution is -2.27. The van der Waals surface area contributed by atoms with Crippen LogP contribution >= 0.6 is 11.8 Å². The topological polar surface area (TPSA) is 38.3 Å². The summed E-state index contributed by atoms with van der Waals surface area (Å²) in [5.41, 5.74) is 0. The number of amides is 1. The summed E-state index contributed by atoms with van der Waals surface area (Å²) in [4.78, 5) is 11.1. The van der Waals surface area contributed by atoms with Crippen molar-refractivity contribution in [1.82, 2.24) is 5.32 Å². The Morgan fingerprint density at radius 2 is 2.12 bits per heavy atom. The Morgan fingerprint density at radius 1 is 1.38 bits per heavy atom. The number of ether oxygens (including phenoxy) is 1. The minimum atomic E-state index is 0.130. The first-order chi connectivity index (χ1) is 7.83. The third-order valence-electron chi connectivity index (χ3n) is 2.82. The minimum absolute atomic E-state index is 0.130. The van der Waals surface area contributed by atoms with Crippen LogP contribution in [0.3, 0.4) is 0 Å². The van der Waals surface area contributed by atoms with Gasteiger partial charge in [-0.1, -0.05) is 19.3 Å². The SMILES string of the molecule is CSCC(=O)NCCCOC1CCCCC1. The van der Waals surface area contributed by atoms with Crippen LogP contribution in [0.5, 0.6) is 0 Å². The zero-order valence-corrected chi connectivity index (χ0v) is 11.0. The van der Waals surface area contributed by atoms with Crippen LogP contribution < -0.4 is 5.32 Å². The molecule has 0 heterocycles. The first-order valence-corrected chi connectivity index (χ1v) is 7.59. The van der Waals surface area contributed by atoms with E-state index in [9.17, 15) is 4.79 Å². The van der Waals surface area contributed by atoms with Crippen molar-refractivity contribution < 1.29 is 9.53 Å². The largest absolute Gasteiger partial charge is 0.378 e. The van der Waals surface area contributed by atoms with E-state index in [4.69, 9.17) is 4.74 Å². The summed E-state index contributed by atoms with van der Waals surface area (Å²) >= 11 is 1.55. The molecule has 1 fully saturated rings. The summed E-state index contributed by atoms with van der Waals surface area (Å²) in [5, 5.41) is 2.88. The molecule has 3 nitrogen and oxygen atoms in total. The quantitative estimate of drug-likeness (QED) is 0.699. The van der Waals surface area contributed by atoms with E-state index >= 15 is 0 Å². The second-order valence-electron chi connectivity index (χ2n) is 4.27. The first-order valence-electron chi connectivity index (χ1n) is 6.20. The standard InChI is InChI=1S/C12H23NO2S/c1-16-10-12(14)13-8-5-9-15-11-6-3-2-4-7-11/h11H,2-10H2,1H3,(H,13,14). The smallest absolute Gasteiger partial charge is 0.229 e. The van der Waals surface area contributed by atoms with Gasteiger partial charge in [0.05, 0.1) is 11.9 Å². The number of carbonyl (C=O) groups excluding carboxylic acids is 1. The molecule has 0 aromatic rings. The fraction of sp³-hybridized carbons (Fsp3) is 0.917. The molecule has 0 radical (unpaired) electrons. The maximum Gasteiger partial charge on any atom is 0.229 e. The van der Waals surface area contributed by atoms with Crippen LogP contribution in [-0.4, -0.2) is 37.2 Å². The Hall–Kier alpha value is -0.220. The van der Waals surface area contributed by atoms with Gasteiger partial charge in [-0.15, -0.1) is 0 Å². The second kappa shape index (κ2) is 8.88. The molecule has 0 spiro atoms. The van der Waals surface area contributed by atoms with Crippen molar-refractivity contribution in [3.05, 3.63) is 0 Å². The summed E-state index contributed by atoms with van der Waals surface area (Å²) in [7, 11) is 0. The van der Waals surface area contributed by atoms with Gasteiger partial charge in [-0.3, -0.25) is 4.79 Å². The molecule has 1 rings (SSSR count). The van der Waals surface area contributed by atoms with Gasteiger partial charge in [-0.05, 0) is 25.5 Å². The highest BCUT2D eigenvalue weighted by molar-refractivity contribution is 7.99. The van der Waals surface area contributed by atoms with Gasteiger partial charge >= 0.3 is 0 Å². The number of carbonyl (C=O) groups is 1. The molecule has 0 aromatic carbocycles. The Labute approximate surface area is 103 Å². The van der Waals surface area contributed by atoms with Crippen LogP contribution in [0.15, 0.2) is 0 Å². The van der Waals surface area contributed by atoms with Gasteiger partial charge in [-0.2, -0.15) is 11.8 Å². The van der Waals surface area contributed by atoms with Crippen LogP contribution in [0.2, 0.25) is 0 Å². The maximum atomic E-state index is 11.1. The van der Waals surface area contributed by atoms with Gasteiger partial charge in [0.25, 0.3) is 0 Å². The Morgan fingerprint density at radius 3 is 2.81 bits per heavy atom. The molecular weight excluding hydrogens is 222 g/mol. The molecule has 4 heteroatoms. The van der Waals surface area contributed by atoms with E-state index in [0.29, 0.717) is 11.9 Å². The summed E-state index contributed by atoms with van der Waals surface area (Å²) in [6.07, 6.45) is 9.78. The molecule has 1 aliphatic rings. The minimum Gasteiger partial charge on any atom is -0.378 e. The van der Waals surface area contributed by atoms with Crippen LogP contribution in [0.1, 0.15) is 38.5 Å². The average Bonchev–Trinajstić information content (AvgIpc) is 2.30. The van der Waals surface area contributed by atoms with E-state index in [-0.39, 0.29) is 5.91 Å². The predicted molar refractivity (Wildman–Crippen MR) is 68.8 cm³/mol. The molecule has 1 aliphatic carbocycles. The lowest BCUT2D eigenvalue weighted by molar-refractivity contribution is -0.118. The lowest BCUT2D eigenvalue weighted by Gasteiger charge is -2.21. The van der Waals surface area contributed by atoms with Crippen molar-refractivity contribution in [3.8, 4) is 0 Å². The maximum absolute atomic E-state index is 11.1. The highest BCUT2D eigenvalue weighted by Gasteiger charge is 2.12. The summed E-state index contributed by atoms with van der Waals surface area (Å²) in [5.74, 6) is 0.689. The molecular formula is C12H23NO2S. The summed E-state index contributed by atoms with van der Waals surface area (Å²) in [6.45, 7) is 1.52. The van der Waals surface area contributed by atoms with Crippen LogP contribution in [-0.2, 0) is 9.53 Å². The fourth-order valence-electron chi connectivity index (χ4n) is 1.96. The Bertz CT molecular complexity index is 193. The van der Waals surface area contributed by atoms with E-state index in [0.717, 1.165) is 19.6 Å². The first kappa shape index (κ1) is 13.8. The molecule has 0 saturated heterocycles. The Kier molecular flexibility index (Phi) is 7.68. The normalized spacial score (nSPS) is 17.3. The van der Waals surface area contributed by atoms with Crippen LogP contribution in [0.25, 0.3) is 0 Å². The third-order valence-corrected chi connectivity index (χ3v) is 3.38. The average molecular weight is 245 g/mol. The van der Waals surface area contributed by atoms with Gasteiger partial charge in [0.15, 0.2) is 0 Å². The molecule has 0 aromatic heterocycles. The molecule has 1 saturated carbocycles. The number of nitrogens with one attached hydrogen (secondary N) is 1. The molecule has 94 valence electrons. The molecule has 0 aliphatic heterocycles. The number of thioether (sulfide) groups is 1. The molecule has 16 heavy (non-hydrogen) atoms.